The van der Waals surface area contributed by atoms with Crippen molar-refractivity contribution >= 4 is 11.8 Å². The highest BCUT2D eigenvalue weighted by atomic mass is 16.7. The molecule has 0 aromatic heterocycles. The third-order valence-corrected chi connectivity index (χ3v) is 5.34. The summed E-state index contributed by atoms with van der Waals surface area (Å²) in [5.41, 5.74) is 0.398. The van der Waals surface area contributed by atoms with Gasteiger partial charge in [0.05, 0.1) is 6.42 Å². The molecule has 170 valence electrons. The summed E-state index contributed by atoms with van der Waals surface area (Å²) in [4.78, 5) is 23.9. The Labute approximate surface area is 180 Å². The summed E-state index contributed by atoms with van der Waals surface area (Å²) in [6.07, 6.45) is -10.3. The SMILES string of the molecule is O=C1C[C@H](c2ccccc2)Oc2c(O)c(O[C@@H]3O[C@@H](C(=O)O)[C@@H](O)[C@H](O)[C@H]3O)cc(O)c21. The van der Waals surface area contributed by atoms with Gasteiger partial charge >= 0.3 is 5.97 Å². The molecule has 0 saturated carbocycles. The van der Waals surface area contributed by atoms with Crippen molar-refractivity contribution in [1.29, 1.82) is 0 Å². The molecule has 4 rings (SSSR count). The molecule has 0 spiro atoms. The van der Waals surface area contributed by atoms with Crippen molar-refractivity contribution < 1.29 is 54.4 Å². The maximum Gasteiger partial charge on any atom is 0.335 e. The number of aliphatic hydroxyl groups is 3. The zero-order valence-electron chi connectivity index (χ0n) is 16.4. The van der Waals surface area contributed by atoms with E-state index < -0.39 is 65.8 Å². The number of hydrogen-bond acceptors (Lipinski definition) is 10. The van der Waals surface area contributed by atoms with Crippen LogP contribution in [0.3, 0.4) is 0 Å². The molecule has 32 heavy (non-hydrogen) atoms. The first kappa shape index (κ1) is 21.8. The molecule has 0 bridgehead atoms. The van der Waals surface area contributed by atoms with E-state index in [-0.39, 0.29) is 17.7 Å². The first-order valence-electron chi connectivity index (χ1n) is 9.62. The number of Topliss-reactive ketones (excluding diaryl/α,β-unsaturated/α-hetero) is 1. The summed E-state index contributed by atoms with van der Waals surface area (Å²) in [5, 5.41) is 60.0. The molecule has 2 aromatic carbocycles. The molecule has 0 amide bonds. The van der Waals surface area contributed by atoms with E-state index in [1.807, 2.05) is 0 Å². The molecule has 2 heterocycles. The average Bonchev–Trinajstić information content (AvgIpc) is 2.77. The number of rotatable bonds is 4. The van der Waals surface area contributed by atoms with Crippen LogP contribution in [0.2, 0.25) is 0 Å². The number of carbonyl (C=O) groups excluding carboxylic acids is 1. The molecule has 11 heteroatoms. The summed E-state index contributed by atoms with van der Waals surface area (Å²) in [6, 6.07) is 9.60. The Hall–Kier alpha value is -3.38. The molecule has 2 aromatic rings. The highest BCUT2D eigenvalue weighted by molar-refractivity contribution is 6.03. The maximum atomic E-state index is 12.6. The number of ether oxygens (including phenoxy) is 3. The highest BCUT2D eigenvalue weighted by Crippen LogP contribution is 2.50. The number of aliphatic hydroxyl groups excluding tert-OH is 3. The zero-order chi connectivity index (χ0) is 23.2. The van der Waals surface area contributed by atoms with E-state index >= 15 is 0 Å². The molecule has 1 fully saturated rings. The van der Waals surface area contributed by atoms with Crippen LogP contribution >= 0.6 is 0 Å². The van der Waals surface area contributed by atoms with E-state index in [1.54, 1.807) is 30.3 Å². The highest BCUT2D eigenvalue weighted by Gasteiger charge is 2.48. The predicted octanol–water partition coefficient (Wildman–Crippen LogP) is 0.0753. The van der Waals surface area contributed by atoms with Crippen molar-refractivity contribution in [2.24, 2.45) is 0 Å². The number of carbonyl (C=O) groups is 2. The molecule has 0 aliphatic carbocycles. The first-order chi connectivity index (χ1) is 15.2. The van der Waals surface area contributed by atoms with Crippen LogP contribution in [-0.2, 0) is 9.53 Å². The molecular weight excluding hydrogens is 428 g/mol. The summed E-state index contributed by atoms with van der Waals surface area (Å²) in [5.74, 6) is -4.24. The number of aromatic hydroxyl groups is 2. The molecule has 0 radical (unpaired) electrons. The number of benzene rings is 2. The van der Waals surface area contributed by atoms with Gasteiger partial charge in [-0.2, -0.15) is 0 Å². The fraction of sp³-hybridized carbons (Fsp3) is 0.333. The topological polar surface area (TPSA) is 183 Å². The molecule has 2 aliphatic rings. The van der Waals surface area contributed by atoms with Crippen molar-refractivity contribution in [3.8, 4) is 23.0 Å². The van der Waals surface area contributed by atoms with Gasteiger partial charge in [-0.15, -0.1) is 0 Å². The Morgan fingerprint density at radius 2 is 1.72 bits per heavy atom. The molecule has 0 unspecified atom stereocenters. The number of hydrogen-bond donors (Lipinski definition) is 6. The molecule has 2 aliphatic heterocycles. The summed E-state index contributed by atoms with van der Waals surface area (Å²) in [7, 11) is 0. The molecule has 1 saturated heterocycles. The Morgan fingerprint density at radius 1 is 1.03 bits per heavy atom. The van der Waals surface area contributed by atoms with Crippen molar-refractivity contribution in [2.75, 3.05) is 0 Å². The lowest BCUT2D eigenvalue weighted by atomic mass is 9.95. The Kier molecular flexibility index (Phi) is 5.65. The van der Waals surface area contributed by atoms with Gasteiger partial charge in [0.15, 0.2) is 23.4 Å². The minimum atomic E-state index is -1.93. The summed E-state index contributed by atoms with van der Waals surface area (Å²) < 4.78 is 16.1. The molecular formula is C21H20O11. The Balaban J connectivity index is 1.66. The van der Waals surface area contributed by atoms with Crippen molar-refractivity contribution in [3.05, 3.63) is 47.5 Å². The minimum absolute atomic E-state index is 0.0843. The van der Waals surface area contributed by atoms with E-state index in [9.17, 15) is 35.1 Å². The van der Waals surface area contributed by atoms with Crippen LogP contribution in [0.4, 0.5) is 0 Å². The fourth-order valence-electron chi connectivity index (χ4n) is 3.67. The standard InChI is InChI=1S/C21H20O11/c22-9-6-11(8-4-2-1-3-5-8)30-18-13(9)10(23)7-12(14(18)24)31-21-17(27)15(25)16(26)19(32-21)20(28)29/h1-5,7,11,15-17,19,21,23-27H,6H2,(H,28,29)/t11-,15+,16+,17-,19-,21-/m1/s1. The van der Waals surface area contributed by atoms with Gasteiger partial charge < -0.3 is 44.8 Å². The zero-order valence-corrected chi connectivity index (χ0v) is 16.4. The number of aliphatic carboxylic acids is 1. The number of ketones is 1. The molecule has 6 atom stereocenters. The van der Waals surface area contributed by atoms with E-state index in [4.69, 9.17) is 19.3 Å². The summed E-state index contributed by atoms with van der Waals surface area (Å²) in [6.45, 7) is 0. The van der Waals surface area contributed by atoms with Gasteiger partial charge in [0.1, 0.15) is 35.7 Å². The van der Waals surface area contributed by atoms with Gasteiger partial charge in [-0.25, -0.2) is 4.79 Å². The van der Waals surface area contributed by atoms with Crippen LogP contribution in [0.1, 0.15) is 28.4 Å². The Bertz CT molecular complexity index is 1040. The lowest BCUT2D eigenvalue weighted by molar-refractivity contribution is -0.271. The number of phenols is 2. The van der Waals surface area contributed by atoms with Crippen LogP contribution < -0.4 is 9.47 Å². The number of phenolic OH excluding ortho intramolecular Hbond substituents is 2. The largest absolute Gasteiger partial charge is 0.507 e. The molecule has 6 N–H and O–H groups in total. The monoisotopic (exact) mass is 448 g/mol. The predicted molar refractivity (Wildman–Crippen MR) is 103 cm³/mol. The van der Waals surface area contributed by atoms with Gasteiger partial charge in [-0.05, 0) is 5.56 Å². The van der Waals surface area contributed by atoms with Crippen molar-refractivity contribution in [3.63, 3.8) is 0 Å². The smallest absolute Gasteiger partial charge is 0.335 e. The van der Waals surface area contributed by atoms with Gasteiger partial charge in [0.2, 0.25) is 12.0 Å². The van der Waals surface area contributed by atoms with Crippen LogP contribution in [0.5, 0.6) is 23.0 Å². The van der Waals surface area contributed by atoms with Gasteiger partial charge in [-0.1, -0.05) is 30.3 Å². The molecule has 11 nitrogen and oxygen atoms in total. The first-order valence-corrected chi connectivity index (χ1v) is 9.62. The number of carboxylic acid groups (broad SMARTS) is 1. The lowest BCUT2D eigenvalue weighted by Gasteiger charge is -2.38. The summed E-state index contributed by atoms with van der Waals surface area (Å²) >= 11 is 0. The number of fused-ring (bicyclic) bond motifs is 1. The second kappa shape index (κ2) is 8.28. The third-order valence-electron chi connectivity index (χ3n) is 5.34. The average molecular weight is 448 g/mol. The maximum absolute atomic E-state index is 12.6. The van der Waals surface area contributed by atoms with Crippen molar-refractivity contribution in [2.45, 2.75) is 43.2 Å². The quantitative estimate of drug-likeness (QED) is 0.348. The minimum Gasteiger partial charge on any atom is -0.507 e. The van der Waals surface area contributed by atoms with E-state index in [1.165, 1.54) is 0 Å². The Morgan fingerprint density at radius 3 is 2.38 bits per heavy atom. The van der Waals surface area contributed by atoms with Gasteiger partial charge in [0, 0.05) is 6.07 Å². The van der Waals surface area contributed by atoms with Crippen LogP contribution in [0.25, 0.3) is 0 Å². The van der Waals surface area contributed by atoms with Crippen molar-refractivity contribution in [1.82, 2.24) is 0 Å². The third kappa shape index (κ3) is 3.71. The van der Waals surface area contributed by atoms with Crippen LogP contribution in [0, 0.1) is 0 Å². The van der Waals surface area contributed by atoms with E-state index in [0.717, 1.165) is 6.07 Å². The van der Waals surface area contributed by atoms with E-state index in [2.05, 4.69) is 0 Å². The fourth-order valence-corrected chi connectivity index (χ4v) is 3.67. The number of carboxylic acids is 1. The second-order valence-electron chi connectivity index (χ2n) is 7.44. The van der Waals surface area contributed by atoms with Crippen LogP contribution in [0.15, 0.2) is 36.4 Å². The lowest BCUT2D eigenvalue weighted by Crippen LogP contribution is -2.61. The van der Waals surface area contributed by atoms with Crippen LogP contribution in [-0.4, -0.2) is 73.1 Å². The normalized spacial score (nSPS) is 29.7. The van der Waals surface area contributed by atoms with Gasteiger partial charge in [0.25, 0.3) is 0 Å². The van der Waals surface area contributed by atoms with Gasteiger partial charge in [-0.3, -0.25) is 4.79 Å². The second-order valence-corrected chi connectivity index (χ2v) is 7.44. The van der Waals surface area contributed by atoms with E-state index in [0.29, 0.717) is 5.56 Å².